The van der Waals surface area contributed by atoms with E-state index in [1.165, 1.54) is 11.1 Å². The van der Waals surface area contributed by atoms with Gasteiger partial charge in [-0.3, -0.25) is 0 Å². The molecule has 1 aromatic heterocycles. The van der Waals surface area contributed by atoms with Crippen molar-refractivity contribution >= 4 is 11.8 Å². The summed E-state index contributed by atoms with van der Waals surface area (Å²) in [4.78, 5) is 15.1. The SMILES string of the molecule is Cc1cccc(CCNc2ncccc2C(=O)O)c1. The molecule has 19 heavy (non-hydrogen) atoms. The second-order valence-corrected chi connectivity index (χ2v) is 4.37. The van der Waals surface area contributed by atoms with Gasteiger partial charge in [-0.15, -0.1) is 0 Å². The Hall–Kier alpha value is -2.36. The third-order valence-corrected chi connectivity index (χ3v) is 2.83. The number of aromatic carboxylic acids is 1. The van der Waals surface area contributed by atoms with Gasteiger partial charge in [-0.05, 0) is 31.0 Å². The zero-order chi connectivity index (χ0) is 13.7. The Morgan fingerprint density at radius 3 is 2.89 bits per heavy atom. The number of pyridine rings is 1. The summed E-state index contributed by atoms with van der Waals surface area (Å²) in [5.41, 5.74) is 2.65. The quantitative estimate of drug-likeness (QED) is 0.863. The van der Waals surface area contributed by atoms with Crippen LogP contribution in [0.15, 0.2) is 42.6 Å². The van der Waals surface area contributed by atoms with E-state index >= 15 is 0 Å². The smallest absolute Gasteiger partial charge is 0.339 e. The van der Waals surface area contributed by atoms with E-state index in [9.17, 15) is 4.79 Å². The van der Waals surface area contributed by atoms with Gasteiger partial charge in [0.25, 0.3) is 0 Å². The molecule has 0 radical (unpaired) electrons. The normalized spacial score (nSPS) is 10.2. The van der Waals surface area contributed by atoms with Gasteiger partial charge in [0.05, 0.1) is 0 Å². The average molecular weight is 256 g/mol. The third-order valence-electron chi connectivity index (χ3n) is 2.83. The van der Waals surface area contributed by atoms with Crippen LogP contribution in [-0.2, 0) is 6.42 Å². The largest absolute Gasteiger partial charge is 0.478 e. The van der Waals surface area contributed by atoms with Crippen LogP contribution in [-0.4, -0.2) is 22.6 Å². The molecule has 0 spiro atoms. The molecular formula is C15H16N2O2. The van der Waals surface area contributed by atoms with Crippen LogP contribution in [0.25, 0.3) is 0 Å². The fourth-order valence-corrected chi connectivity index (χ4v) is 1.91. The van der Waals surface area contributed by atoms with Crippen LogP contribution >= 0.6 is 0 Å². The molecule has 0 aliphatic heterocycles. The van der Waals surface area contributed by atoms with Crippen LogP contribution in [0.3, 0.4) is 0 Å². The van der Waals surface area contributed by atoms with E-state index in [-0.39, 0.29) is 5.56 Å². The van der Waals surface area contributed by atoms with E-state index in [4.69, 9.17) is 5.11 Å². The molecule has 0 bridgehead atoms. The van der Waals surface area contributed by atoms with Crippen molar-refractivity contribution in [3.63, 3.8) is 0 Å². The van der Waals surface area contributed by atoms with Gasteiger partial charge in [0.1, 0.15) is 11.4 Å². The lowest BCUT2D eigenvalue weighted by molar-refractivity contribution is 0.0697. The monoisotopic (exact) mass is 256 g/mol. The van der Waals surface area contributed by atoms with E-state index in [2.05, 4.69) is 35.4 Å². The highest BCUT2D eigenvalue weighted by Gasteiger charge is 2.09. The fraction of sp³-hybridized carbons (Fsp3) is 0.200. The van der Waals surface area contributed by atoms with Gasteiger partial charge in [0.2, 0.25) is 0 Å². The molecule has 0 aliphatic carbocycles. The summed E-state index contributed by atoms with van der Waals surface area (Å²) in [7, 11) is 0. The highest BCUT2D eigenvalue weighted by molar-refractivity contribution is 5.92. The van der Waals surface area contributed by atoms with Crippen LogP contribution < -0.4 is 5.32 Å². The van der Waals surface area contributed by atoms with Crippen LogP contribution in [0.2, 0.25) is 0 Å². The number of benzene rings is 1. The average Bonchev–Trinajstić information content (AvgIpc) is 2.39. The highest BCUT2D eigenvalue weighted by Crippen LogP contribution is 2.11. The Bertz CT molecular complexity index is 582. The number of rotatable bonds is 5. The third kappa shape index (κ3) is 3.55. The predicted molar refractivity (Wildman–Crippen MR) is 74.6 cm³/mol. The Balaban J connectivity index is 1.98. The first kappa shape index (κ1) is 13.1. The summed E-state index contributed by atoms with van der Waals surface area (Å²) in [6.07, 6.45) is 2.42. The number of nitrogens with zero attached hydrogens (tertiary/aromatic N) is 1. The molecule has 0 fully saturated rings. The lowest BCUT2D eigenvalue weighted by Gasteiger charge is -2.08. The number of aryl methyl sites for hydroxylation is 1. The first-order chi connectivity index (χ1) is 9.16. The number of hydrogen-bond donors (Lipinski definition) is 2. The first-order valence-electron chi connectivity index (χ1n) is 6.14. The van der Waals surface area contributed by atoms with Crippen LogP contribution in [0.1, 0.15) is 21.5 Å². The molecule has 0 unspecified atom stereocenters. The van der Waals surface area contributed by atoms with Gasteiger partial charge in [-0.25, -0.2) is 9.78 Å². The maximum Gasteiger partial charge on any atom is 0.339 e. The van der Waals surface area contributed by atoms with E-state index in [1.54, 1.807) is 18.3 Å². The number of carboxylic acids is 1. The van der Waals surface area contributed by atoms with Crippen molar-refractivity contribution in [2.45, 2.75) is 13.3 Å². The maximum atomic E-state index is 11.0. The van der Waals surface area contributed by atoms with Gasteiger partial charge >= 0.3 is 5.97 Å². The first-order valence-corrected chi connectivity index (χ1v) is 6.14. The Labute approximate surface area is 112 Å². The minimum atomic E-state index is -0.967. The molecule has 1 aromatic carbocycles. The molecule has 0 atom stereocenters. The molecule has 2 aromatic rings. The van der Waals surface area contributed by atoms with Crippen molar-refractivity contribution in [2.75, 3.05) is 11.9 Å². The van der Waals surface area contributed by atoms with Gasteiger partial charge < -0.3 is 10.4 Å². The summed E-state index contributed by atoms with van der Waals surface area (Å²) in [6, 6.07) is 11.4. The van der Waals surface area contributed by atoms with Gasteiger partial charge in [0, 0.05) is 12.7 Å². The lowest BCUT2D eigenvalue weighted by Crippen LogP contribution is -2.11. The molecule has 1 heterocycles. The summed E-state index contributed by atoms with van der Waals surface area (Å²) in [5.74, 6) is -0.547. The molecule has 0 aliphatic rings. The van der Waals surface area contributed by atoms with E-state index in [0.717, 1.165) is 6.42 Å². The molecule has 0 saturated carbocycles. The summed E-state index contributed by atoms with van der Waals surface area (Å²) in [6.45, 7) is 2.71. The van der Waals surface area contributed by atoms with Crippen molar-refractivity contribution in [1.29, 1.82) is 0 Å². The van der Waals surface area contributed by atoms with Crippen LogP contribution in [0.4, 0.5) is 5.82 Å². The maximum absolute atomic E-state index is 11.0. The van der Waals surface area contributed by atoms with Crippen molar-refractivity contribution < 1.29 is 9.90 Å². The van der Waals surface area contributed by atoms with E-state index in [0.29, 0.717) is 12.4 Å². The Kier molecular flexibility index (Phi) is 4.13. The molecule has 4 nitrogen and oxygen atoms in total. The molecular weight excluding hydrogens is 240 g/mol. The summed E-state index contributed by atoms with van der Waals surface area (Å²) < 4.78 is 0. The second kappa shape index (κ2) is 6.00. The Morgan fingerprint density at radius 2 is 2.16 bits per heavy atom. The zero-order valence-corrected chi connectivity index (χ0v) is 10.8. The predicted octanol–water partition coefficient (Wildman–Crippen LogP) is 2.74. The molecule has 98 valence electrons. The highest BCUT2D eigenvalue weighted by atomic mass is 16.4. The minimum absolute atomic E-state index is 0.201. The topological polar surface area (TPSA) is 62.2 Å². The van der Waals surface area contributed by atoms with Crippen molar-refractivity contribution in [3.05, 3.63) is 59.3 Å². The standard InChI is InChI=1S/C15H16N2O2/c1-11-4-2-5-12(10-11)7-9-17-14-13(15(18)19)6-3-8-16-14/h2-6,8,10H,7,9H2,1H3,(H,16,17)(H,18,19). The molecule has 4 heteroatoms. The number of carbonyl (C=O) groups is 1. The van der Waals surface area contributed by atoms with Gasteiger partial charge in [-0.1, -0.05) is 29.8 Å². The van der Waals surface area contributed by atoms with Crippen molar-refractivity contribution in [3.8, 4) is 0 Å². The van der Waals surface area contributed by atoms with Crippen LogP contribution in [0, 0.1) is 6.92 Å². The molecule has 2 rings (SSSR count). The van der Waals surface area contributed by atoms with Crippen molar-refractivity contribution in [1.82, 2.24) is 4.98 Å². The minimum Gasteiger partial charge on any atom is -0.478 e. The second-order valence-electron chi connectivity index (χ2n) is 4.37. The number of aromatic nitrogens is 1. The fourth-order valence-electron chi connectivity index (χ4n) is 1.91. The summed E-state index contributed by atoms with van der Waals surface area (Å²) >= 11 is 0. The van der Waals surface area contributed by atoms with Crippen molar-refractivity contribution in [2.24, 2.45) is 0 Å². The van der Waals surface area contributed by atoms with Gasteiger partial charge in [-0.2, -0.15) is 0 Å². The van der Waals surface area contributed by atoms with Crippen LogP contribution in [0.5, 0.6) is 0 Å². The number of carboxylic acid groups (broad SMARTS) is 1. The van der Waals surface area contributed by atoms with E-state index in [1.807, 2.05) is 6.07 Å². The Morgan fingerprint density at radius 1 is 1.32 bits per heavy atom. The number of nitrogens with one attached hydrogen (secondary N) is 1. The summed E-state index contributed by atoms with van der Waals surface area (Å²) in [5, 5.41) is 12.1. The zero-order valence-electron chi connectivity index (χ0n) is 10.8. The molecule has 2 N–H and O–H groups in total. The number of hydrogen-bond acceptors (Lipinski definition) is 3. The molecule has 0 saturated heterocycles. The molecule has 0 amide bonds. The van der Waals surface area contributed by atoms with Gasteiger partial charge in [0.15, 0.2) is 0 Å². The lowest BCUT2D eigenvalue weighted by atomic mass is 10.1. The van der Waals surface area contributed by atoms with E-state index < -0.39 is 5.97 Å². The number of anilines is 1.